The number of hydrogen-bond donors (Lipinski definition) is 1. The van der Waals surface area contributed by atoms with Crippen molar-refractivity contribution in [1.29, 1.82) is 0 Å². The summed E-state index contributed by atoms with van der Waals surface area (Å²) in [6, 6.07) is 9.45. The summed E-state index contributed by atoms with van der Waals surface area (Å²) < 4.78 is 1.80. The van der Waals surface area contributed by atoms with Gasteiger partial charge in [0.05, 0.1) is 6.42 Å². The van der Waals surface area contributed by atoms with Gasteiger partial charge in [-0.15, -0.1) is 0 Å². The minimum Gasteiger partial charge on any atom is -0.481 e. The quantitative estimate of drug-likeness (QED) is 0.870. The number of carboxylic acids is 1. The number of rotatable bonds is 4. The van der Waals surface area contributed by atoms with E-state index in [0.717, 1.165) is 16.8 Å². The molecule has 2 rings (SSSR count). The minimum atomic E-state index is -0.905. The Morgan fingerprint density at radius 2 is 1.80 bits per heavy atom. The summed E-state index contributed by atoms with van der Waals surface area (Å²) >= 11 is 0. The van der Waals surface area contributed by atoms with E-state index in [4.69, 9.17) is 5.11 Å². The number of aromatic nitrogens is 1. The molecule has 0 saturated carbocycles. The van der Waals surface area contributed by atoms with Gasteiger partial charge in [-0.3, -0.25) is 9.59 Å². The first-order valence-corrected chi connectivity index (χ1v) is 6.39. The molecule has 0 aliphatic rings. The van der Waals surface area contributed by atoms with E-state index in [-0.39, 0.29) is 12.2 Å². The van der Waals surface area contributed by atoms with Crippen LogP contribution in [0.25, 0.3) is 11.1 Å². The van der Waals surface area contributed by atoms with Gasteiger partial charge in [0.25, 0.3) is 0 Å². The number of carbonyl (C=O) groups is 2. The second kappa shape index (κ2) is 5.33. The topological polar surface area (TPSA) is 59.3 Å². The number of carboxylic acid groups (broad SMARTS) is 1. The summed E-state index contributed by atoms with van der Waals surface area (Å²) in [6.45, 7) is 3.36. The Morgan fingerprint density at radius 1 is 1.20 bits per heavy atom. The van der Waals surface area contributed by atoms with Gasteiger partial charge in [-0.05, 0) is 19.4 Å². The molecule has 0 unspecified atom stereocenters. The third-order valence-electron chi connectivity index (χ3n) is 3.54. The van der Waals surface area contributed by atoms with E-state index in [2.05, 4.69) is 0 Å². The normalized spacial score (nSPS) is 10.6. The van der Waals surface area contributed by atoms with Crippen LogP contribution in [0, 0.1) is 6.92 Å². The molecule has 1 aromatic carbocycles. The summed E-state index contributed by atoms with van der Waals surface area (Å²) in [5.74, 6) is -0.952. The molecule has 0 fully saturated rings. The maximum Gasteiger partial charge on any atom is 0.309 e. The smallest absolute Gasteiger partial charge is 0.309 e. The largest absolute Gasteiger partial charge is 0.481 e. The van der Waals surface area contributed by atoms with Crippen molar-refractivity contribution in [2.45, 2.75) is 20.3 Å². The molecule has 0 atom stereocenters. The van der Waals surface area contributed by atoms with E-state index in [0.29, 0.717) is 11.3 Å². The zero-order chi connectivity index (χ0) is 14.9. The molecular weight excluding hydrogens is 254 g/mol. The van der Waals surface area contributed by atoms with Gasteiger partial charge >= 0.3 is 5.97 Å². The van der Waals surface area contributed by atoms with Crippen LogP contribution in [-0.4, -0.2) is 21.4 Å². The zero-order valence-corrected chi connectivity index (χ0v) is 11.8. The lowest BCUT2D eigenvalue weighted by Crippen LogP contribution is -2.07. The van der Waals surface area contributed by atoms with Crippen molar-refractivity contribution in [2.24, 2.45) is 7.05 Å². The fourth-order valence-corrected chi connectivity index (χ4v) is 2.56. The second-order valence-corrected chi connectivity index (χ2v) is 4.83. The van der Waals surface area contributed by atoms with Crippen LogP contribution in [0.15, 0.2) is 30.3 Å². The molecule has 0 spiro atoms. The molecule has 0 bridgehead atoms. The first-order valence-electron chi connectivity index (χ1n) is 6.39. The highest BCUT2D eigenvalue weighted by Crippen LogP contribution is 2.32. The van der Waals surface area contributed by atoms with Gasteiger partial charge in [0.15, 0.2) is 5.78 Å². The summed E-state index contributed by atoms with van der Waals surface area (Å²) in [5, 5.41) is 9.10. The molecule has 4 nitrogen and oxygen atoms in total. The lowest BCUT2D eigenvalue weighted by molar-refractivity contribution is -0.136. The third-order valence-corrected chi connectivity index (χ3v) is 3.54. The molecule has 0 amide bonds. The Morgan fingerprint density at radius 3 is 2.30 bits per heavy atom. The number of aliphatic carboxylic acids is 1. The van der Waals surface area contributed by atoms with Crippen LogP contribution < -0.4 is 0 Å². The van der Waals surface area contributed by atoms with E-state index in [1.165, 1.54) is 6.92 Å². The van der Waals surface area contributed by atoms with Crippen LogP contribution in [0.3, 0.4) is 0 Å². The van der Waals surface area contributed by atoms with Crippen molar-refractivity contribution in [3.8, 4) is 11.1 Å². The van der Waals surface area contributed by atoms with E-state index in [1.54, 1.807) is 11.6 Å². The van der Waals surface area contributed by atoms with Crippen LogP contribution in [0.1, 0.15) is 28.7 Å². The first-order chi connectivity index (χ1) is 9.43. The number of ketones is 1. The number of Topliss-reactive ketones (excluding diaryl/α,β-unsaturated/α-hetero) is 1. The summed E-state index contributed by atoms with van der Waals surface area (Å²) in [7, 11) is 1.80. The summed E-state index contributed by atoms with van der Waals surface area (Å²) in [5.41, 5.74) is 3.67. The molecule has 0 aliphatic carbocycles. The van der Waals surface area contributed by atoms with Crippen LogP contribution in [0.4, 0.5) is 0 Å². The highest BCUT2D eigenvalue weighted by Gasteiger charge is 2.23. The van der Waals surface area contributed by atoms with Gasteiger partial charge in [-0.2, -0.15) is 0 Å². The average Bonchev–Trinajstić information content (AvgIpc) is 2.64. The van der Waals surface area contributed by atoms with Gasteiger partial charge in [0.2, 0.25) is 0 Å². The molecule has 0 saturated heterocycles. The number of benzene rings is 1. The number of carbonyl (C=O) groups excluding carboxylic acids is 1. The van der Waals surface area contributed by atoms with E-state index in [1.807, 2.05) is 37.3 Å². The van der Waals surface area contributed by atoms with Crippen LogP contribution in [-0.2, 0) is 18.3 Å². The molecule has 1 N–H and O–H groups in total. The van der Waals surface area contributed by atoms with Crippen LogP contribution >= 0.6 is 0 Å². The summed E-state index contributed by atoms with van der Waals surface area (Å²) in [6.07, 6.45) is -0.102. The van der Waals surface area contributed by atoms with Crippen molar-refractivity contribution in [2.75, 3.05) is 0 Å². The zero-order valence-electron chi connectivity index (χ0n) is 11.8. The minimum absolute atomic E-state index is 0.0476. The van der Waals surface area contributed by atoms with Gasteiger partial charge in [-0.25, -0.2) is 0 Å². The standard InChI is InChI=1S/C16H17NO3/c1-10-15(11(2)18)16(12-7-5-4-6-8-12)13(17(10)3)9-14(19)20/h4-8H,9H2,1-3H3,(H,19,20). The molecule has 104 valence electrons. The first kappa shape index (κ1) is 14.1. The average molecular weight is 271 g/mol. The van der Waals surface area contributed by atoms with Crippen molar-refractivity contribution >= 4 is 11.8 Å². The predicted octanol–water partition coefficient (Wildman–Crippen LogP) is 2.83. The number of nitrogens with zero attached hydrogens (tertiary/aromatic N) is 1. The molecule has 0 aliphatic heterocycles. The third kappa shape index (κ3) is 2.37. The maximum atomic E-state index is 12.0. The van der Waals surface area contributed by atoms with Gasteiger partial charge in [0.1, 0.15) is 0 Å². The fourth-order valence-electron chi connectivity index (χ4n) is 2.56. The molecule has 1 heterocycles. The molecule has 4 heteroatoms. The molecular formula is C16H17NO3. The highest BCUT2D eigenvalue weighted by atomic mass is 16.4. The van der Waals surface area contributed by atoms with Gasteiger partial charge in [0, 0.05) is 29.6 Å². The maximum absolute atomic E-state index is 12.0. The summed E-state index contributed by atoms with van der Waals surface area (Å²) in [4.78, 5) is 23.0. The Labute approximate surface area is 117 Å². The Balaban J connectivity index is 2.77. The highest BCUT2D eigenvalue weighted by molar-refractivity contribution is 6.03. The van der Waals surface area contributed by atoms with Crippen molar-refractivity contribution in [3.63, 3.8) is 0 Å². The van der Waals surface area contributed by atoms with Gasteiger partial charge < -0.3 is 9.67 Å². The van der Waals surface area contributed by atoms with Gasteiger partial charge in [-0.1, -0.05) is 30.3 Å². The van der Waals surface area contributed by atoms with Crippen LogP contribution in [0.5, 0.6) is 0 Å². The molecule has 20 heavy (non-hydrogen) atoms. The Bertz CT molecular complexity index is 669. The van der Waals surface area contributed by atoms with E-state index >= 15 is 0 Å². The second-order valence-electron chi connectivity index (χ2n) is 4.83. The lowest BCUT2D eigenvalue weighted by Gasteiger charge is -2.06. The lowest BCUT2D eigenvalue weighted by atomic mass is 9.97. The fraction of sp³-hybridized carbons (Fsp3) is 0.250. The monoisotopic (exact) mass is 271 g/mol. The van der Waals surface area contributed by atoms with Crippen LogP contribution in [0.2, 0.25) is 0 Å². The Kier molecular flexibility index (Phi) is 3.74. The van der Waals surface area contributed by atoms with Crippen molar-refractivity contribution < 1.29 is 14.7 Å². The SMILES string of the molecule is CC(=O)c1c(-c2ccccc2)c(CC(=O)O)n(C)c1C. The number of hydrogen-bond acceptors (Lipinski definition) is 2. The molecule has 1 aromatic heterocycles. The molecule has 0 radical (unpaired) electrons. The molecule has 2 aromatic rings. The van der Waals surface area contributed by atoms with Crippen molar-refractivity contribution in [3.05, 3.63) is 47.3 Å². The van der Waals surface area contributed by atoms with E-state index in [9.17, 15) is 9.59 Å². The van der Waals surface area contributed by atoms with E-state index < -0.39 is 5.97 Å². The Hall–Kier alpha value is -2.36. The van der Waals surface area contributed by atoms with Crippen molar-refractivity contribution in [1.82, 2.24) is 4.57 Å². The predicted molar refractivity (Wildman–Crippen MR) is 76.9 cm³/mol.